The summed E-state index contributed by atoms with van der Waals surface area (Å²) in [5.74, 6) is 3.98. The van der Waals surface area contributed by atoms with Gasteiger partial charge in [0.05, 0.1) is 13.2 Å². The van der Waals surface area contributed by atoms with Crippen molar-refractivity contribution in [3.8, 4) is 11.5 Å². The Balaban J connectivity index is 1.20. The van der Waals surface area contributed by atoms with Gasteiger partial charge in [0.25, 0.3) is 0 Å². The van der Waals surface area contributed by atoms with Crippen molar-refractivity contribution in [1.29, 1.82) is 0 Å². The molecule has 0 aromatic heterocycles. The van der Waals surface area contributed by atoms with Gasteiger partial charge in [0.2, 0.25) is 0 Å². The summed E-state index contributed by atoms with van der Waals surface area (Å²) in [5, 5.41) is 0. The van der Waals surface area contributed by atoms with Gasteiger partial charge in [-0.25, -0.2) is 4.79 Å². The third-order valence-corrected chi connectivity index (χ3v) is 10.9. The predicted octanol–water partition coefficient (Wildman–Crippen LogP) is 11.0. The number of rotatable bonds is 19. The summed E-state index contributed by atoms with van der Waals surface area (Å²) < 4.78 is 29.8. The number of carbonyl (C=O) groups excluding carboxylic acids is 1. The molecule has 2 aliphatic rings. The van der Waals surface area contributed by atoms with Gasteiger partial charge < -0.3 is 23.7 Å². The summed E-state index contributed by atoms with van der Waals surface area (Å²) in [6.07, 6.45) is 12.7. The lowest BCUT2D eigenvalue weighted by molar-refractivity contribution is 0.0507. The maximum Gasteiger partial charge on any atom is 0.513 e. The highest BCUT2D eigenvalue weighted by atomic mass is 16.7. The lowest BCUT2D eigenvalue weighted by Crippen LogP contribution is -2.37. The number of hydrogen-bond donors (Lipinski definition) is 0. The second-order valence-corrected chi connectivity index (χ2v) is 16.0. The fourth-order valence-electron chi connectivity index (χ4n) is 7.21. The number of hydrogen-bond acceptors (Lipinski definition) is 6. The van der Waals surface area contributed by atoms with E-state index in [9.17, 15) is 4.79 Å². The van der Waals surface area contributed by atoms with E-state index in [1.54, 1.807) is 0 Å². The number of epoxide rings is 1. The fourth-order valence-corrected chi connectivity index (χ4v) is 7.21. The van der Waals surface area contributed by atoms with Crippen LogP contribution in [0.25, 0.3) is 0 Å². The minimum absolute atomic E-state index is 0.115. The highest BCUT2D eigenvalue weighted by molar-refractivity contribution is 5.68. The predicted molar refractivity (Wildman–Crippen MR) is 194 cm³/mol. The Bertz CT molecular complexity index is 1320. The molecule has 2 heterocycles. The first-order valence-electron chi connectivity index (χ1n) is 18.8. The Labute approximate surface area is 291 Å². The van der Waals surface area contributed by atoms with Gasteiger partial charge in [-0.3, -0.25) is 0 Å². The third kappa shape index (κ3) is 11.0. The van der Waals surface area contributed by atoms with E-state index in [1.807, 2.05) is 51.1 Å². The highest BCUT2D eigenvalue weighted by Gasteiger charge is 2.53. The molecule has 1 fully saturated rings. The van der Waals surface area contributed by atoms with Crippen LogP contribution >= 0.6 is 0 Å². The maximum atomic E-state index is 12.9. The van der Waals surface area contributed by atoms with E-state index in [1.165, 1.54) is 51.4 Å². The molecule has 2 aromatic rings. The Morgan fingerprint density at radius 3 is 2.19 bits per heavy atom. The zero-order valence-corrected chi connectivity index (χ0v) is 31.5. The zero-order chi connectivity index (χ0) is 34.9. The van der Waals surface area contributed by atoms with Crippen LogP contribution in [-0.2, 0) is 27.2 Å². The number of ether oxygens (including phenoxy) is 5. The zero-order valence-electron chi connectivity index (χ0n) is 31.5. The van der Waals surface area contributed by atoms with E-state index >= 15 is 0 Å². The molecular weight excluding hydrogens is 600 g/mol. The maximum absolute atomic E-state index is 12.9. The van der Waals surface area contributed by atoms with E-state index in [4.69, 9.17) is 23.7 Å². The lowest BCUT2D eigenvalue weighted by atomic mass is 9.83. The average molecular weight is 665 g/mol. The SMILES string of the molecule is Cc1c(C)c2c(c(C)c1OC(=O)OCC1(C)OC1COCc1ccccc1)CCC(C)(CCCC(C)CCCC(C)CCCC(C)C)O2. The monoisotopic (exact) mass is 664 g/mol. The second kappa shape index (κ2) is 17.4. The van der Waals surface area contributed by atoms with Gasteiger partial charge in [-0.15, -0.1) is 0 Å². The van der Waals surface area contributed by atoms with Crippen LogP contribution in [0.1, 0.15) is 134 Å². The normalized spacial score (nSPS) is 22.9. The van der Waals surface area contributed by atoms with E-state index < -0.39 is 11.8 Å². The molecule has 6 heteroatoms. The first kappa shape index (κ1) is 38.2. The summed E-state index contributed by atoms with van der Waals surface area (Å²) in [5.41, 5.74) is 4.43. The van der Waals surface area contributed by atoms with Crippen molar-refractivity contribution in [3.05, 3.63) is 58.1 Å². The van der Waals surface area contributed by atoms with Crippen molar-refractivity contribution < 1.29 is 28.5 Å². The Kier molecular flexibility index (Phi) is 13.8. The van der Waals surface area contributed by atoms with E-state index in [2.05, 4.69) is 41.5 Å². The van der Waals surface area contributed by atoms with Crippen LogP contribution in [0, 0.1) is 38.5 Å². The topological polar surface area (TPSA) is 66.5 Å². The lowest BCUT2D eigenvalue weighted by Gasteiger charge is -2.38. The van der Waals surface area contributed by atoms with E-state index in [-0.39, 0.29) is 18.3 Å². The van der Waals surface area contributed by atoms with Crippen molar-refractivity contribution in [2.24, 2.45) is 17.8 Å². The fraction of sp³-hybridized carbons (Fsp3) is 0.690. The molecule has 6 nitrogen and oxygen atoms in total. The van der Waals surface area contributed by atoms with Crippen LogP contribution in [0.2, 0.25) is 0 Å². The molecule has 1 saturated heterocycles. The molecule has 0 N–H and O–H groups in total. The first-order valence-corrected chi connectivity index (χ1v) is 18.8. The minimum atomic E-state index is -0.711. The molecule has 0 aliphatic carbocycles. The van der Waals surface area contributed by atoms with Crippen LogP contribution in [0.3, 0.4) is 0 Å². The Morgan fingerprint density at radius 2 is 1.52 bits per heavy atom. The molecule has 2 aromatic carbocycles. The molecule has 5 unspecified atom stereocenters. The molecule has 268 valence electrons. The first-order chi connectivity index (χ1) is 22.8. The van der Waals surface area contributed by atoms with Crippen molar-refractivity contribution in [2.45, 2.75) is 157 Å². The van der Waals surface area contributed by atoms with Gasteiger partial charge in [0.15, 0.2) is 0 Å². The summed E-state index contributed by atoms with van der Waals surface area (Å²) in [6.45, 7) is 20.9. The standard InChI is InChI=1S/C42H64O6/c1-29(2)16-13-17-30(3)18-14-19-31(4)20-15-24-41(8)25-23-36-34(7)38(32(5)33(6)39(36)48-41)46-40(43)45-28-42(9)37(47-42)27-44-26-35-21-11-10-12-22-35/h10-12,21-22,29-31,37H,13-20,23-28H2,1-9H3. The minimum Gasteiger partial charge on any atom is -0.487 e. The summed E-state index contributed by atoms with van der Waals surface area (Å²) in [4.78, 5) is 12.9. The largest absolute Gasteiger partial charge is 0.513 e. The van der Waals surface area contributed by atoms with Gasteiger partial charge >= 0.3 is 6.16 Å². The average Bonchev–Trinajstić information content (AvgIpc) is 3.70. The molecule has 0 radical (unpaired) electrons. The molecular formula is C42H64O6. The molecule has 4 rings (SSSR count). The molecule has 48 heavy (non-hydrogen) atoms. The van der Waals surface area contributed by atoms with Crippen LogP contribution in [0.15, 0.2) is 30.3 Å². The van der Waals surface area contributed by atoms with Crippen LogP contribution < -0.4 is 9.47 Å². The van der Waals surface area contributed by atoms with Crippen LogP contribution in [-0.4, -0.2) is 36.7 Å². The van der Waals surface area contributed by atoms with Gasteiger partial charge in [0.1, 0.15) is 35.4 Å². The van der Waals surface area contributed by atoms with Crippen molar-refractivity contribution in [2.75, 3.05) is 13.2 Å². The van der Waals surface area contributed by atoms with Gasteiger partial charge in [-0.1, -0.05) is 103 Å². The van der Waals surface area contributed by atoms with Gasteiger partial charge in [0, 0.05) is 5.56 Å². The number of carbonyl (C=O) groups is 1. The third-order valence-electron chi connectivity index (χ3n) is 10.9. The molecule has 0 bridgehead atoms. The number of benzene rings is 2. The van der Waals surface area contributed by atoms with Crippen LogP contribution in [0.5, 0.6) is 11.5 Å². The molecule has 0 saturated carbocycles. The summed E-state index contributed by atoms with van der Waals surface area (Å²) >= 11 is 0. The summed E-state index contributed by atoms with van der Waals surface area (Å²) in [7, 11) is 0. The van der Waals surface area contributed by atoms with Crippen molar-refractivity contribution in [1.82, 2.24) is 0 Å². The molecule has 5 atom stereocenters. The van der Waals surface area contributed by atoms with Gasteiger partial charge in [-0.05, 0) is 100 Å². The van der Waals surface area contributed by atoms with E-state index in [0.29, 0.717) is 19.0 Å². The molecule has 0 spiro atoms. The summed E-state index contributed by atoms with van der Waals surface area (Å²) in [6, 6.07) is 10.0. The quantitative estimate of drug-likeness (QED) is 0.0846. The van der Waals surface area contributed by atoms with Crippen molar-refractivity contribution in [3.63, 3.8) is 0 Å². The molecule has 0 amide bonds. The molecule has 2 aliphatic heterocycles. The smallest absolute Gasteiger partial charge is 0.487 e. The van der Waals surface area contributed by atoms with Crippen LogP contribution in [0.4, 0.5) is 4.79 Å². The Hall–Kier alpha value is -2.57. The van der Waals surface area contributed by atoms with Gasteiger partial charge in [-0.2, -0.15) is 0 Å². The van der Waals surface area contributed by atoms with Crippen molar-refractivity contribution >= 4 is 6.16 Å². The number of fused-ring (bicyclic) bond motifs is 1. The highest BCUT2D eigenvalue weighted by Crippen LogP contribution is 2.45. The Morgan fingerprint density at radius 1 is 0.875 bits per heavy atom. The van der Waals surface area contributed by atoms with E-state index in [0.717, 1.165) is 70.6 Å². The second-order valence-electron chi connectivity index (χ2n) is 16.0.